The van der Waals surface area contributed by atoms with Crippen molar-refractivity contribution in [2.75, 3.05) is 0 Å². The summed E-state index contributed by atoms with van der Waals surface area (Å²) in [6.07, 6.45) is 0. The fraction of sp³-hybridized carbons (Fsp3) is 0. The number of nitrogens with zero attached hydrogens (tertiary/aromatic N) is 2. The van der Waals surface area contributed by atoms with Crippen molar-refractivity contribution in [3.05, 3.63) is 62.4 Å². The summed E-state index contributed by atoms with van der Waals surface area (Å²) in [6.45, 7) is 0. The lowest BCUT2D eigenvalue weighted by Gasteiger charge is -2.09. The third-order valence-corrected chi connectivity index (χ3v) is 3.09. The van der Waals surface area contributed by atoms with E-state index in [0.717, 1.165) is 6.07 Å². The van der Waals surface area contributed by atoms with Crippen LogP contribution in [0.5, 0.6) is 11.5 Å². The molecule has 0 saturated carbocycles. The van der Waals surface area contributed by atoms with E-state index in [2.05, 4.69) is 15.9 Å². The number of nitro benzene ring substituents is 1. The molecule has 0 bridgehead atoms. The van der Waals surface area contributed by atoms with Gasteiger partial charge in [-0.3, -0.25) is 10.1 Å². The van der Waals surface area contributed by atoms with Crippen molar-refractivity contribution in [1.82, 2.24) is 0 Å². The highest BCUT2D eigenvalue weighted by Crippen LogP contribution is 2.34. The third-order valence-electron chi connectivity index (χ3n) is 2.43. The topological polar surface area (TPSA) is 76.2 Å². The van der Waals surface area contributed by atoms with Gasteiger partial charge < -0.3 is 4.74 Å². The maximum atomic E-state index is 13.4. The van der Waals surface area contributed by atoms with Crippen molar-refractivity contribution < 1.29 is 14.1 Å². The number of hydrogen-bond donors (Lipinski definition) is 0. The SMILES string of the molecule is N#Cc1c(F)cccc1Oc1cc([N+](=O)[O-])ccc1Br. The summed E-state index contributed by atoms with van der Waals surface area (Å²) < 4.78 is 19.3. The zero-order valence-electron chi connectivity index (χ0n) is 9.84. The zero-order chi connectivity index (χ0) is 14.7. The second-order valence-corrected chi connectivity index (χ2v) is 4.55. The minimum Gasteiger partial charge on any atom is -0.454 e. The first kappa shape index (κ1) is 14.0. The van der Waals surface area contributed by atoms with Crippen LogP contribution >= 0.6 is 15.9 Å². The van der Waals surface area contributed by atoms with E-state index in [1.54, 1.807) is 6.07 Å². The molecule has 0 unspecified atom stereocenters. The molecule has 0 radical (unpaired) electrons. The minimum atomic E-state index is -0.716. The van der Waals surface area contributed by atoms with Crippen LogP contribution in [0.4, 0.5) is 10.1 Å². The predicted octanol–water partition coefficient (Wildman–Crippen LogP) is 4.16. The van der Waals surface area contributed by atoms with Gasteiger partial charge in [0.2, 0.25) is 0 Å². The number of nitro groups is 1. The Morgan fingerprint density at radius 1 is 1.30 bits per heavy atom. The molecule has 0 N–H and O–H groups in total. The molecule has 0 atom stereocenters. The molecule has 0 heterocycles. The van der Waals surface area contributed by atoms with Gasteiger partial charge in [0.05, 0.1) is 15.5 Å². The molecule has 2 aromatic carbocycles. The monoisotopic (exact) mass is 336 g/mol. The molecule has 2 aromatic rings. The normalized spacial score (nSPS) is 9.85. The van der Waals surface area contributed by atoms with Crippen molar-refractivity contribution in [3.63, 3.8) is 0 Å². The first-order valence-electron chi connectivity index (χ1n) is 5.33. The highest BCUT2D eigenvalue weighted by atomic mass is 79.9. The first-order valence-corrected chi connectivity index (χ1v) is 6.12. The lowest BCUT2D eigenvalue weighted by Crippen LogP contribution is -1.94. The number of hydrogen-bond acceptors (Lipinski definition) is 4. The Hall–Kier alpha value is -2.46. The molecule has 0 aliphatic rings. The maximum Gasteiger partial charge on any atom is 0.273 e. The van der Waals surface area contributed by atoms with Crippen LogP contribution in [0.25, 0.3) is 0 Å². The lowest BCUT2D eigenvalue weighted by atomic mass is 10.2. The van der Waals surface area contributed by atoms with Gasteiger partial charge in [0.25, 0.3) is 5.69 Å². The second-order valence-electron chi connectivity index (χ2n) is 3.70. The molecule has 100 valence electrons. The van der Waals surface area contributed by atoms with Crippen LogP contribution in [0.3, 0.4) is 0 Å². The fourth-order valence-corrected chi connectivity index (χ4v) is 1.83. The summed E-state index contributed by atoms with van der Waals surface area (Å²) in [7, 11) is 0. The number of rotatable bonds is 3. The summed E-state index contributed by atoms with van der Waals surface area (Å²) >= 11 is 3.18. The minimum absolute atomic E-state index is 0.00584. The summed E-state index contributed by atoms with van der Waals surface area (Å²) in [5.41, 5.74) is -0.427. The number of benzene rings is 2. The quantitative estimate of drug-likeness (QED) is 0.622. The van der Waals surface area contributed by atoms with E-state index < -0.39 is 10.7 Å². The molecule has 7 heteroatoms. The average molecular weight is 337 g/mol. The highest BCUT2D eigenvalue weighted by molar-refractivity contribution is 9.10. The highest BCUT2D eigenvalue weighted by Gasteiger charge is 2.14. The van der Waals surface area contributed by atoms with E-state index in [1.807, 2.05) is 0 Å². The molecule has 0 saturated heterocycles. The zero-order valence-corrected chi connectivity index (χ0v) is 11.4. The molecule has 2 rings (SSSR count). The third kappa shape index (κ3) is 2.75. The molecule has 5 nitrogen and oxygen atoms in total. The maximum absolute atomic E-state index is 13.4. The van der Waals surface area contributed by atoms with E-state index in [4.69, 9.17) is 10.00 Å². The number of halogens is 2. The van der Waals surface area contributed by atoms with E-state index in [1.165, 1.54) is 30.3 Å². The Morgan fingerprint density at radius 3 is 2.70 bits per heavy atom. The van der Waals surface area contributed by atoms with Crippen LogP contribution < -0.4 is 4.74 Å². The van der Waals surface area contributed by atoms with Gasteiger partial charge in [-0.05, 0) is 34.1 Å². The smallest absolute Gasteiger partial charge is 0.273 e. The number of ether oxygens (including phenoxy) is 1. The summed E-state index contributed by atoms with van der Waals surface area (Å²) in [4.78, 5) is 10.1. The van der Waals surface area contributed by atoms with Crippen LogP contribution in [-0.2, 0) is 0 Å². The van der Waals surface area contributed by atoms with Gasteiger partial charge in [-0.15, -0.1) is 0 Å². The van der Waals surface area contributed by atoms with Crippen molar-refractivity contribution in [1.29, 1.82) is 5.26 Å². The van der Waals surface area contributed by atoms with Gasteiger partial charge in [-0.25, -0.2) is 4.39 Å². The van der Waals surface area contributed by atoms with Gasteiger partial charge >= 0.3 is 0 Å². The average Bonchev–Trinajstić information content (AvgIpc) is 2.41. The van der Waals surface area contributed by atoms with Crippen LogP contribution in [0.1, 0.15) is 5.56 Å². The van der Waals surface area contributed by atoms with Crippen molar-refractivity contribution in [2.45, 2.75) is 0 Å². The van der Waals surface area contributed by atoms with E-state index in [0.29, 0.717) is 4.47 Å². The second kappa shape index (κ2) is 5.67. The van der Waals surface area contributed by atoms with Crippen LogP contribution in [-0.4, -0.2) is 4.92 Å². The first-order chi connectivity index (χ1) is 9.52. The van der Waals surface area contributed by atoms with Gasteiger partial charge in [0.1, 0.15) is 28.9 Å². The largest absolute Gasteiger partial charge is 0.454 e. The summed E-state index contributed by atoms with van der Waals surface area (Å²) in [5.74, 6) is -0.596. The molecule has 0 aliphatic heterocycles. The van der Waals surface area contributed by atoms with Crippen LogP contribution in [0.2, 0.25) is 0 Å². The van der Waals surface area contributed by atoms with Gasteiger partial charge in [0, 0.05) is 6.07 Å². The number of nitriles is 1. The molecule has 0 spiro atoms. The molecule has 20 heavy (non-hydrogen) atoms. The van der Waals surface area contributed by atoms with Crippen molar-refractivity contribution in [3.8, 4) is 17.6 Å². The summed E-state index contributed by atoms with van der Waals surface area (Å²) in [6, 6.07) is 9.55. The van der Waals surface area contributed by atoms with Crippen LogP contribution in [0, 0.1) is 27.3 Å². The summed E-state index contributed by atoms with van der Waals surface area (Å²) in [5, 5.41) is 19.6. The van der Waals surface area contributed by atoms with Gasteiger partial charge in [0.15, 0.2) is 0 Å². The molecular formula is C13H6BrFN2O3. The van der Waals surface area contributed by atoms with E-state index >= 15 is 0 Å². The molecule has 0 amide bonds. The van der Waals surface area contributed by atoms with Gasteiger partial charge in [-0.2, -0.15) is 5.26 Å². The molecule has 0 aliphatic carbocycles. The molecule has 0 fully saturated rings. The van der Waals surface area contributed by atoms with E-state index in [-0.39, 0.29) is 22.7 Å². The number of non-ortho nitro benzene ring substituents is 1. The Bertz CT molecular complexity index is 728. The Morgan fingerprint density at radius 2 is 2.05 bits per heavy atom. The van der Waals surface area contributed by atoms with E-state index in [9.17, 15) is 14.5 Å². The van der Waals surface area contributed by atoms with Gasteiger partial charge in [-0.1, -0.05) is 6.07 Å². The Balaban J connectivity index is 2.45. The van der Waals surface area contributed by atoms with Crippen molar-refractivity contribution >= 4 is 21.6 Å². The molecule has 0 aromatic heterocycles. The Labute approximate surface area is 121 Å². The fourth-order valence-electron chi connectivity index (χ4n) is 1.50. The van der Waals surface area contributed by atoms with Crippen molar-refractivity contribution in [2.24, 2.45) is 0 Å². The van der Waals surface area contributed by atoms with Crippen LogP contribution in [0.15, 0.2) is 40.9 Å². The lowest BCUT2D eigenvalue weighted by molar-refractivity contribution is -0.384. The standard InChI is InChI=1S/C13H6BrFN2O3/c14-10-5-4-8(17(18)19)6-13(10)20-12-3-1-2-11(15)9(12)7-16/h1-6H. The predicted molar refractivity (Wildman–Crippen MR) is 72.0 cm³/mol. The molecular weight excluding hydrogens is 331 g/mol. The Kier molecular flexibility index (Phi) is 3.96.